The Morgan fingerprint density at radius 3 is 2.94 bits per heavy atom. The largest absolute Gasteiger partial charge is 0.381 e. The molecule has 0 unspecified atom stereocenters. The maximum absolute atomic E-state index is 5.55. The fraction of sp³-hybridized carbons (Fsp3) is 0.769. The van der Waals surface area contributed by atoms with Crippen LogP contribution < -0.4 is 5.32 Å². The topological polar surface area (TPSA) is 53.2 Å². The molecule has 0 aromatic carbocycles. The van der Waals surface area contributed by atoms with Crippen molar-refractivity contribution in [2.24, 2.45) is 0 Å². The van der Waals surface area contributed by atoms with Gasteiger partial charge in [0.15, 0.2) is 0 Å². The van der Waals surface area contributed by atoms with Gasteiger partial charge in [-0.2, -0.15) is 5.10 Å². The molecule has 18 heavy (non-hydrogen) atoms. The third-order valence-electron chi connectivity index (χ3n) is 4.34. The molecule has 2 aliphatic heterocycles. The first-order chi connectivity index (χ1) is 8.89. The van der Waals surface area contributed by atoms with Crippen LogP contribution in [0.1, 0.15) is 25.0 Å². The lowest BCUT2D eigenvalue weighted by atomic mass is 9.84. The summed E-state index contributed by atoms with van der Waals surface area (Å²) in [6.07, 6.45) is 5.37. The van der Waals surface area contributed by atoms with Crippen LogP contribution in [0.5, 0.6) is 0 Å². The quantitative estimate of drug-likeness (QED) is 0.813. The highest BCUT2D eigenvalue weighted by atomic mass is 16.5. The first-order valence-electron chi connectivity index (χ1n) is 6.91. The molecule has 0 atom stereocenters. The summed E-state index contributed by atoms with van der Waals surface area (Å²) in [5.41, 5.74) is 1.54. The molecule has 2 N–H and O–H groups in total. The molecule has 0 aliphatic carbocycles. The number of aromatic nitrogens is 2. The predicted octanol–water partition coefficient (Wildman–Crippen LogP) is 0.754. The molecule has 2 saturated heterocycles. The van der Waals surface area contributed by atoms with Crippen molar-refractivity contribution in [3.05, 3.63) is 18.0 Å². The number of nitrogens with zero attached hydrogens (tertiary/aromatic N) is 2. The van der Waals surface area contributed by atoms with Crippen molar-refractivity contribution in [2.75, 3.05) is 32.8 Å². The van der Waals surface area contributed by atoms with Crippen molar-refractivity contribution in [2.45, 2.75) is 31.3 Å². The Morgan fingerprint density at radius 2 is 2.17 bits per heavy atom. The van der Waals surface area contributed by atoms with Crippen LogP contribution in [0.25, 0.3) is 0 Å². The summed E-state index contributed by atoms with van der Waals surface area (Å²) in [6.45, 7) is 6.09. The zero-order valence-electron chi connectivity index (χ0n) is 10.8. The first kappa shape index (κ1) is 12.1. The zero-order valence-corrected chi connectivity index (χ0v) is 10.8. The number of ether oxygens (including phenoxy) is 1. The summed E-state index contributed by atoms with van der Waals surface area (Å²) in [4.78, 5) is 2.63. The fourth-order valence-electron chi connectivity index (χ4n) is 3.20. The van der Waals surface area contributed by atoms with E-state index in [1.807, 2.05) is 6.20 Å². The van der Waals surface area contributed by atoms with Crippen LogP contribution in [0, 0.1) is 0 Å². The molecular weight excluding hydrogens is 228 g/mol. The molecule has 0 amide bonds. The van der Waals surface area contributed by atoms with E-state index < -0.39 is 0 Å². The number of nitrogens with one attached hydrogen (secondary N) is 2. The van der Waals surface area contributed by atoms with Gasteiger partial charge in [-0.3, -0.25) is 10.00 Å². The molecule has 5 nitrogen and oxygen atoms in total. The van der Waals surface area contributed by atoms with Crippen LogP contribution in [0.4, 0.5) is 0 Å². The number of hydrogen-bond acceptors (Lipinski definition) is 4. The third-order valence-corrected chi connectivity index (χ3v) is 4.34. The van der Waals surface area contributed by atoms with Gasteiger partial charge in [0.05, 0.1) is 0 Å². The van der Waals surface area contributed by atoms with Crippen molar-refractivity contribution in [1.82, 2.24) is 20.4 Å². The Morgan fingerprint density at radius 1 is 1.28 bits per heavy atom. The van der Waals surface area contributed by atoms with Crippen LogP contribution >= 0.6 is 0 Å². The summed E-state index contributed by atoms with van der Waals surface area (Å²) in [7, 11) is 0. The lowest BCUT2D eigenvalue weighted by Crippen LogP contribution is -2.52. The van der Waals surface area contributed by atoms with Crippen LogP contribution in [-0.2, 0) is 11.3 Å². The molecule has 0 radical (unpaired) electrons. The van der Waals surface area contributed by atoms with Gasteiger partial charge in [0.2, 0.25) is 0 Å². The van der Waals surface area contributed by atoms with Gasteiger partial charge < -0.3 is 10.1 Å². The molecule has 2 aliphatic rings. The van der Waals surface area contributed by atoms with Crippen LogP contribution in [0.3, 0.4) is 0 Å². The smallest absolute Gasteiger partial charge is 0.0492 e. The van der Waals surface area contributed by atoms with Crippen molar-refractivity contribution >= 4 is 0 Å². The SMILES string of the molecule is c1cc(CN2CCNCCC23CCOCC3)[nH]n1. The maximum Gasteiger partial charge on any atom is 0.0492 e. The highest BCUT2D eigenvalue weighted by molar-refractivity contribution is 5.02. The van der Waals surface area contributed by atoms with E-state index in [-0.39, 0.29) is 0 Å². The fourth-order valence-corrected chi connectivity index (χ4v) is 3.20. The summed E-state index contributed by atoms with van der Waals surface area (Å²) >= 11 is 0. The molecule has 3 heterocycles. The van der Waals surface area contributed by atoms with Crippen LogP contribution in [0.2, 0.25) is 0 Å². The molecule has 1 aromatic rings. The van der Waals surface area contributed by atoms with E-state index in [0.29, 0.717) is 5.54 Å². The minimum Gasteiger partial charge on any atom is -0.381 e. The summed E-state index contributed by atoms with van der Waals surface area (Å²) in [5.74, 6) is 0. The van der Waals surface area contributed by atoms with E-state index in [9.17, 15) is 0 Å². The number of rotatable bonds is 2. The van der Waals surface area contributed by atoms with Gasteiger partial charge in [-0.15, -0.1) is 0 Å². The summed E-state index contributed by atoms with van der Waals surface area (Å²) in [5, 5.41) is 10.7. The van der Waals surface area contributed by atoms with Crippen LogP contribution in [-0.4, -0.2) is 53.5 Å². The van der Waals surface area contributed by atoms with E-state index >= 15 is 0 Å². The molecule has 1 spiro atoms. The molecule has 0 bridgehead atoms. The van der Waals surface area contributed by atoms with E-state index in [1.165, 1.54) is 12.1 Å². The van der Waals surface area contributed by atoms with Gasteiger partial charge in [0, 0.05) is 50.3 Å². The molecule has 1 aromatic heterocycles. The summed E-state index contributed by atoms with van der Waals surface area (Å²) < 4.78 is 5.55. The van der Waals surface area contributed by atoms with Gasteiger partial charge >= 0.3 is 0 Å². The van der Waals surface area contributed by atoms with E-state index in [4.69, 9.17) is 4.74 Å². The standard InChI is InChI=1S/C13H22N4O/c1-5-15-16-12(1)11-17-8-7-14-6-2-13(17)3-9-18-10-4-13/h1,5,14H,2-4,6-11H2,(H,15,16). The number of hydrogen-bond donors (Lipinski definition) is 2. The number of aromatic amines is 1. The zero-order chi connectivity index (χ0) is 12.3. The summed E-state index contributed by atoms with van der Waals surface area (Å²) in [6, 6.07) is 2.07. The van der Waals surface area contributed by atoms with Crippen molar-refractivity contribution < 1.29 is 4.74 Å². The number of H-pyrrole nitrogens is 1. The normalized spacial score (nSPS) is 25.1. The second kappa shape index (κ2) is 5.38. The van der Waals surface area contributed by atoms with E-state index in [1.54, 1.807) is 0 Å². The Bertz CT molecular complexity index is 359. The molecule has 0 saturated carbocycles. The lowest BCUT2D eigenvalue weighted by Gasteiger charge is -2.45. The molecule has 3 rings (SSSR count). The highest BCUT2D eigenvalue weighted by Crippen LogP contribution is 2.33. The van der Waals surface area contributed by atoms with Crippen molar-refractivity contribution in [3.63, 3.8) is 0 Å². The minimum absolute atomic E-state index is 0.326. The minimum atomic E-state index is 0.326. The van der Waals surface area contributed by atoms with Gasteiger partial charge in [-0.25, -0.2) is 0 Å². The maximum atomic E-state index is 5.55. The average molecular weight is 250 g/mol. The predicted molar refractivity (Wildman–Crippen MR) is 69.3 cm³/mol. The monoisotopic (exact) mass is 250 g/mol. The van der Waals surface area contributed by atoms with Gasteiger partial charge in [-0.1, -0.05) is 0 Å². The van der Waals surface area contributed by atoms with E-state index in [0.717, 1.165) is 52.2 Å². The Kier molecular flexibility index (Phi) is 3.63. The molecule has 100 valence electrons. The van der Waals surface area contributed by atoms with Crippen molar-refractivity contribution in [3.8, 4) is 0 Å². The second-order valence-electron chi connectivity index (χ2n) is 5.34. The van der Waals surface area contributed by atoms with Crippen molar-refractivity contribution in [1.29, 1.82) is 0 Å². The average Bonchev–Trinajstić information content (AvgIpc) is 2.84. The van der Waals surface area contributed by atoms with Gasteiger partial charge in [0.1, 0.15) is 0 Å². The van der Waals surface area contributed by atoms with Gasteiger partial charge in [-0.05, 0) is 31.9 Å². The van der Waals surface area contributed by atoms with Gasteiger partial charge in [0.25, 0.3) is 0 Å². The van der Waals surface area contributed by atoms with E-state index in [2.05, 4.69) is 26.5 Å². The lowest BCUT2D eigenvalue weighted by molar-refractivity contribution is -0.0312. The Labute approximate surface area is 108 Å². The third kappa shape index (κ3) is 2.43. The van der Waals surface area contributed by atoms with Crippen LogP contribution in [0.15, 0.2) is 12.3 Å². The first-order valence-corrected chi connectivity index (χ1v) is 6.91. The Balaban J connectivity index is 1.77. The molecule has 5 heteroatoms. The second-order valence-corrected chi connectivity index (χ2v) is 5.34. The molecule has 2 fully saturated rings. The molecular formula is C13H22N4O. The Hall–Kier alpha value is -0.910. The highest BCUT2D eigenvalue weighted by Gasteiger charge is 2.38.